The summed E-state index contributed by atoms with van der Waals surface area (Å²) in [6.45, 7) is 6.77. The predicted molar refractivity (Wildman–Crippen MR) is 31.6 cm³/mol. The van der Waals surface area contributed by atoms with Crippen molar-refractivity contribution in [1.82, 2.24) is 0 Å². The molecule has 0 amide bonds. The van der Waals surface area contributed by atoms with E-state index in [0.717, 1.165) is 0 Å². The predicted octanol–water partition coefficient (Wildman–Crippen LogP) is 1.20. The summed E-state index contributed by atoms with van der Waals surface area (Å²) in [4.78, 5) is 9.86. The Morgan fingerprint density at radius 2 is 2.25 bits per heavy atom. The second-order valence-electron chi connectivity index (χ2n) is 1.43. The summed E-state index contributed by atoms with van der Waals surface area (Å²) in [6.07, 6.45) is 1.43. The van der Waals surface area contributed by atoms with Crippen LogP contribution in [0.25, 0.3) is 0 Å². The van der Waals surface area contributed by atoms with Crippen molar-refractivity contribution >= 4 is 5.97 Å². The molecule has 0 aliphatic rings. The van der Waals surface area contributed by atoms with Gasteiger partial charge >= 0.3 is 5.97 Å². The van der Waals surface area contributed by atoms with Gasteiger partial charge in [-0.05, 0) is 5.57 Å². The van der Waals surface area contributed by atoms with Crippen LogP contribution in [-0.4, -0.2) is 11.1 Å². The molecule has 0 aromatic heterocycles. The summed E-state index contributed by atoms with van der Waals surface area (Å²) in [5.74, 6) is -0.866. The van der Waals surface area contributed by atoms with Crippen molar-refractivity contribution in [3.05, 3.63) is 24.8 Å². The molecule has 0 aromatic rings. The van der Waals surface area contributed by atoms with Crippen LogP contribution < -0.4 is 0 Å². The van der Waals surface area contributed by atoms with Crippen molar-refractivity contribution in [3.63, 3.8) is 0 Å². The third kappa shape index (κ3) is 3.15. The highest BCUT2D eigenvalue weighted by Crippen LogP contribution is 1.96. The van der Waals surface area contributed by atoms with Gasteiger partial charge in [-0.25, -0.2) is 0 Å². The lowest BCUT2D eigenvalue weighted by molar-refractivity contribution is -0.136. The van der Waals surface area contributed by atoms with Crippen LogP contribution in [0.3, 0.4) is 0 Å². The maximum Gasteiger partial charge on any atom is 0.307 e. The minimum absolute atomic E-state index is 0.0104. The Morgan fingerprint density at radius 3 is 2.38 bits per heavy atom. The Kier molecular flexibility index (Phi) is 2.62. The maximum atomic E-state index is 9.86. The molecule has 2 heteroatoms. The van der Waals surface area contributed by atoms with Crippen LogP contribution >= 0.6 is 0 Å². The van der Waals surface area contributed by atoms with Gasteiger partial charge in [0.2, 0.25) is 0 Å². The van der Waals surface area contributed by atoms with E-state index in [0.29, 0.717) is 5.57 Å². The molecule has 0 aliphatic carbocycles. The zero-order valence-electron chi connectivity index (χ0n) is 4.55. The number of hydrogen-bond donors (Lipinski definition) is 1. The molecule has 0 saturated carbocycles. The highest BCUT2D eigenvalue weighted by molar-refractivity contribution is 5.70. The Balaban J connectivity index is 3.55. The Morgan fingerprint density at radius 1 is 1.75 bits per heavy atom. The molecule has 0 aromatic carbocycles. The fraction of sp³-hybridized carbons (Fsp3) is 0.167. The Labute approximate surface area is 48.1 Å². The van der Waals surface area contributed by atoms with Gasteiger partial charge in [-0.2, -0.15) is 0 Å². The molecule has 0 unspecified atom stereocenters. The van der Waals surface area contributed by atoms with E-state index >= 15 is 0 Å². The topological polar surface area (TPSA) is 37.3 Å². The first kappa shape index (κ1) is 6.95. The summed E-state index contributed by atoms with van der Waals surface area (Å²) in [6, 6.07) is 0. The van der Waals surface area contributed by atoms with Gasteiger partial charge in [0.05, 0.1) is 6.42 Å². The summed E-state index contributed by atoms with van der Waals surface area (Å²) < 4.78 is 0. The summed E-state index contributed by atoms with van der Waals surface area (Å²) >= 11 is 0. The fourth-order valence-corrected chi connectivity index (χ4v) is 0.266. The minimum atomic E-state index is -0.866. The molecule has 8 heavy (non-hydrogen) atoms. The quantitative estimate of drug-likeness (QED) is 0.557. The number of rotatable bonds is 3. The number of carboxylic acids is 1. The van der Waals surface area contributed by atoms with Gasteiger partial charge < -0.3 is 5.11 Å². The maximum absolute atomic E-state index is 9.86. The van der Waals surface area contributed by atoms with Gasteiger partial charge in [0.15, 0.2) is 0 Å². The summed E-state index contributed by atoms with van der Waals surface area (Å²) in [5.41, 5.74) is 0.539. The fourth-order valence-electron chi connectivity index (χ4n) is 0.266. The van der Waals surface area contributed by atoms with Gasteiger partial charge in [0.1, 0.15) is 0 Å². The van der Waals surface area contributed by atoms with E-state index in [1.54, 1.807) is 0 Å². The second kappa shape index (κ2) is 3.02. The standard InChI is InChI=1S/C6H8O2/c1-3-5(2)4-6(7)8/h3H,1-2,4H2,(H,7,8). The molecular weight excluding hydrogens is 104 g/mol. The molecule has 0 atom stereocenters. The van der Waals surface area contributed by atoms with Crippen molar-refractivity contribution in [3.8, 4) is 0 Å². The first-order chi connectivity index (χ1) is 3.66. The second-order valence-corrected chi connectivity index (χ2v) is 1.43. The van der Waals surface area contributed by atoms with Crippen LogP contribution in [0.5, 0.6) is 0 Å². The van der Waals surface area contributed by atoms with E-state index in [2.05, 4.69) is 13.2 Å². The number of aliphatic carboxylic acids is 1. The molecular formula is C6H8O2. The first-order valence-electron chi connectivity index (χ1n) is 2.19. The molecule has 44 valence electrons. The monoisotopic (exact) mass is 112 g/mol. The van der Waals surface area contributed by atoms with Crippen molar-refractivity contribution in [2.24, 2.45) is 0 Å². The molecule has 0 radical (unpaired) electrons. The third-order valence-corrected chi connectivity index (χ3v) is 0.667. The van der Waals surface area contributed by atoms with Gasteiger partial charge in [-0.1, -0.05) is 19.2 Å². The zero-order valence-corrected chi connectivity index (χ0v) is 4.55. The Hall–Kier alpha value is -1.05. The number of allylic oxidation sites excluding steroid dienone is 1. The van der Waals surface area contributed by atoms with Crippen LogP contribution in [0.15, 0.2) is 24.8 Å². The lowest BCUT2D eigenvalue weighted by Gasteiger charge is -1.88. The largest absolute Gasteiger partial charge is 0.481 e. The van der Waals surface area contributed by atoms with E-state index in [1.807, 2.05) is 0 Å². The number of carboxylic acid groups (broad SMARTS) is 1. The van der Waals surface area contributed by atoms with Crippen LogP contribution in [0, 0.1) is 0 Å². The SMILES string of the molecule is C=CC(=C)CC(=O)O. The average Bonchev–Trinajstić information content (AvgIpc) is 1.65. The van der Waals surface area contributed by atoms with Gasteiger partial charge in [-0.3, -0.25) is 4.79 Å². The van der Waals surface area contributed by atoms with Crippen molar-refractivity contribution in [1.29, 1.82) is 0 Å². The van der Waals surface area contributed by atoms with Gasteiger partial charge in [-0.15, -0.1) is 0 Å². The normalized spacial score (nSPS) is 8.00. The minimum Gasteiger partial charge on any atom is -0.481 e. The zero-order chi connectivity index (χ0) is 6.57. The molecule has 0 spiro atoms. The van der Waals surface area contributed by atoms with Crippen molar-refractivity contribution in [2.75, 3.05) is 0 Å². The van der Waals surface area contributed by atoms with Crippen LogP contribution in [-0.2, 0) is 4.79 Å². The van der Waals surface area contributed by atoms with Crippen molar-refractivity contribution in [2.45, 2.75) is 6.42 Å². The highest BCUT2D eigenvalue weighted by Gasteiger charge is 1.94. The van der Waals surface area contributed by atoms with E-state index in [9.17, 15) is 4.79 Å². The third-order valence-electron chi connectivity index (χ3n) is 0.667. The summed E-state index contributed by atoms with van der Waals surface area (Å²) in [5, 5.41) is 8.11. The summed E-state index contributed by atoms with van der Waals surface area (Å²) in [7, 11) is 0. The molecule has 2 nitrogen and oxygen atoms in total. The van der Waals surface area contributed by atoms with E-state index in [1.165, 1.54) is 6.08 Å². The smallest absolute Gasteiger partial charge is 0.307 e. The Bertz CT molecular complexity index is 124. The molecule has 0 rings (SSSR count). The van der Waals surface area contributed by atoms with E-state index < -0.39 is 5.97 Å². The highest BCUT2D eigenvalue weighted by atomic mass is 16.4. The number of carbonyl (C=O) groups is 1. The molecule has 0 aliphatic heterocycles. The molecule has 1 N–H and O–H groups in total. The number of hydrogen-bond acceptors (Lipinski definition) is 1. The lowest BCUT2D eigenvalue weighted by atomic mass is 10.2. The lowest BCUT2D eigenvalue weighted by Crippen LogP contribution is -1.93. The molecule has 0 saturated heterocycles. The molecule has 0 bridgehead atoms. The first-order valence-corrected chi connectivity index (χ1v) is 2.19. The average molecular weight is 112 g/mol. The molecule has 0 fully saturated rings. The van der Waals surface area contributed by atoms with Gasteiger partial charge in [0.25, 0.3) is 0 Å². The van der Waals surface area contributed by atoms with E-state index in [-0.39, 0.29) is 6.42 Å². The van der Waals surface area contributed by atoms with Crippen LogP contribution in [0.2, 0.25) is 0 Å². The van der Waals surface area contributed by atoms with Crippen molar-refractivity contribution < 1.29 is 9.90 Å². The molecule has 0 heterocycles. The van der Waals surface area contributed by atoms with Gasteiger partial charge in [0, 0.05) is 0 Å². The van der Waals surface area contributed by atoms with Crippen LogP contribution in [0.4, 0.5) is 0 Å². The van der Waals surface area contributed by atoms with E-state index in [4.69, 9.17) is 5.11 Å². The van der Waals surface area contributed by atoms with Crippen LogP contribution in [0.1, 0.15) is 6.42 Å².